The molecular formula is C9H3BrClF6NO2. The summed E-state index contributed by atoms with van der Waals surface area (Å²) in [7, 11) is 0. The molecule has 0 fully saturated rings. The number of carbonyl (C=O) groups excluding carboxylic acids is 1. The van der Waals surface area contributed by atoms with Gasteiger partial charge in [-0.25, -0.2) is 4.98 Å². The highest BCUT2D eigenvalue weighted by atomic mass is 79.9. The largest absolute Gasteiger partial charge is 0.573 e. The average molecular weight is 386 g/mol. The summed E-state index contributed by atoms with van der Waals surface area (Å²) in [5.74, 6) is -1.35. The molecule has 3 nitrogen and oxygen atoms in total. The number of carbonyl (C=O) groups is 1. The van der Waals surface area contributed by atoms with Gasteiger partial charge >= 0.3 is 12.5 Å². The van der Waals surface area contributed by atoms with Crippen molar-refractivity contribution in [3.63, 3.8) is 0 Å². The van der Waals surface area contributed by atoms with Gasteiger partial charge < -0.3 is 4.74 Å². The van der Waals surface area contributed by atoms with Crippen molar-refractivity contribution in [2.45, 2.75) is 17.9 Å². The number of halogens is 8. The zero-order valence-electron chi connectivity index (χ0n) is 9.07. The number of hydrogen-bond donors (Lipinski definition) is 0. The monoisotopic (exact) mass is 385 g/mol. The summed E-state index contributed by atoms with van der Waals surface area (Å²) in [5, 5.41) is -2.04. The van der Waals surface area contributed by atoms with Crippen LogP contribution >= 0.6 is 27.5 Å². The molecule has 1 aromatic heterocycles. The molecule has 0 saturated heterocycles. The van der Waals surface area contributed by atoms with E-state index in [2.05, 4.69) is 25.7 Å². The Kier molecular flexibility index (Phi) is 4.90. The van der Waals surface area contributed by atoms with E-state index in [0.29, 0.717) is 6.07 Å². The van der Waals surface area contributed by atoms with Crippen LogP contribution in [0.15, 0.2) is 6.07 Å². The summed E-state index contributed by atoms with van der Waals surface area (Å²) in [4.78, 5) is 14.0. The van der Waals surface area contributed by atoms with Crippen molar-refractivity contribution in [2.24, 2.45) is 0 Å². The lowest BCUT2D eigenvalue weighted by Crippen LogP contribution is -2.22. The first kappa shape index (κ1) is 17.0. The molecule has 1 heterocycles. The number of pyridine rings is 1. The van der Waals surface area contributed by atoms with Gasteiger partial charge in [0.25, 0.3) is 5.24 Å². The third-order valence-corrected chi connectivity index (χ3v) is 2.63. The lowest BCUT2D eigenvalue weighted by Gasteiger charge is -2.16. The number of nitrogens with zero attached hydrogens (tertiary/aromatic N) is 1. The summed E-state index contributed by atoms with van der Waals surface area (Å²) >= 11 is 7.66. The number of alkyl halides is 7. The van der Waals surface area contributed by atoms with Gasteiger partial charge in [-0.2, -0.15) is 13.2 Å². The van der Waals surface area contributed by atoms with E-state index in [0.717, 1.165) is 0 Å². The first-order valence-electron chi connectivity index (χ1n) is 4.58. The number of rotatable bonds is 3. The molecule has 112 valence electrons. The van der Waals surface area contributed by atoms with Crippen molar-refractivity contribution in [3.05, 3.63) is 23.0 Å². The van der Waals surface area contributed by atoms with Crippen LogP contribution in [0.2, 0.25) is 0 Å². The standard InChI is InChI=1S/C9H3BrClF6NO2/c10-2-3-1-4(20-9(15,16)17)5(7(11)19)6(18-3)8(12,13)14/h1H,2H2. The van der Waals surface area contributed by atoms with E-state index in [1.54, 1.807) is 0 Å². The quantitative estimate of drug-likeness (QED) is 0.442. The van der Waals surface area contributed by atoms with Gasteiger partial charge in [0.2, 0.25) is 0 Å². The van der Waals surface area contributed by atoms with Crippen LogP contribution in [0.4, 0.5) is 26.3 Å². The van der Waals surface area contributed by atoms with E-state index in [1.165, 1.54) is 0 Å². The summed E-state index contributed by atoms with van der Waals surface area (Å²) in [5.41, 5.74) is -3.73. The predicted molar refractivity (Wildman–Crippen MR) is 58.7 cm³/mol. The second kappa shape index (κ2) is 5.76. The molecule has 0 radical (unpaired) electrons. The van der Waals surface area contributed by atoms with Crippen LogP contribution in [-0.2, 0) is 11.5 Å². The Morgan fingerprint density at radius 1 is 1.30 bits per heavy atom. The highest BCUT2D eigenvalue weighted by Crippen LogP contribution is 2.38. The van der Waals surface area contributed by atoms with Crippen molar-refractivity contribution >= 4 is 32.8 Å². The van der Waals surface area contributed by atoms with E-state index in [9.17, 15) is 31.1 Å². The van der Waals surface area contributed by atoms with Gasteiger partial charge in [0, 0.05) is 11.4 Å². The van der Waals surface area contributed by atoms with Crippen molar-refractivity contribution < 1.29 is 35.9 Å². The Morgan fingerprint density at radius 2 is 1.85 bits per heavy atom. The third-order valence-electron chi connectivity index (χ3n) is 1.86. The molecule has 0 aliphatic heterocycles. The minimum absolute atomic E-state index is 0.277. The Labute approximate surface area is 121 Å². The topological polar surface area (TPSA) is 39.2 Å². The van der Waals surface area contributed by atoms with Crippen molar-refractivity contribution in [3.8, 4) is 5.75 Å². The Bertz CT molecular complexity index is 530. The molecule has 0 aromatic carbocycles. The molecule has 11 heteroatoms. The molecule has 1 aromatic rings. The predicted octanol–water partition coefficient (Wildman–Crippen LogP) is 4.27. The Balaban J connectivity index is 3.59. The van der Waals surface area contributed by atoms with Crippen LogP contribution in [0.1, 0.15) is 21.7 Å². The molecule has 1 rings (SSSR count). The van der Waals surface area contributed by atoms with Crippen LogP contribution in [0, 0.1) is 0 Å². The second-order valence-electron chi connectivity index (χ2n) is 3.29. The Morgan fingerprint density at radius 3 is 2.20 bits per heavy atom. The zero-order valence-corrected chi connectivity index (χ0v) is 11.4. The number of aromatic nitrogens is 1. The van der Waals surface area contributed by atoms with Gasteiger partial charge in [0.1, 0.15) is 11.3 Å². The summed E-state index contributed by atoms with van der Waals surface area (Å²) in [6.07, 6.45) is -10.4. The maximum atomic E-state index is 12.7. The van der Waals surface area contributed by atoms with Crippen LogP contribution < -0.4 is 4.74 Å². The van der Waals surface area contributed by atoms with Gasteiger partial charge in [0.05, 0.1) is 5.69 Å². The Hall–Kier alpha value is -1.03. The normalized spacial score (nSPS) is 12.4. The van der Waals surface area contributed by atoms with E-state index in [-0.39, 0.29) is 5.33 Å². The van der Waals surface area contributed by atoms with Crippen molar-refractivity contribution in [1.29, 1.82) is 0 Å². The van der Waals surface area contributed by atoms with Crippen LogP contribution in [0.25, 0.3) is 0 Å². The van der Waals surface area contributed by atoms with Gasteiger partial charge in [-0.05, 0) is 11.6 Å². The van der Waals surface area contributed by atoms with Crippen molar-refractivity contribution in [2.75, 3.05) is 0 Å². The fourth-order valence-electron chi connectivity index (χ4n) is 1.24. The molecule has 20 heavy (non-hydrogen) atoms. The average Bonchev–Trinajstić information content (AvgIpc) is 2.23. The fraction of sp³-hybridized carbons (Fsp3) is 0.333. The van der Waals surface area contributed by atoms with Crippen LogP contribution in [-0.4, -0.2) is 16.6 Å². The molecule has 0 unspecified atom stereocenters. The van der Waals surface area contributed by atoms with Crippen LogP contribution in [0.3, 0.4) is 0 Å². The molecule has 0 aliphatic carbocycles. The van der Waals surface area contributed by atoms with E-state index in [1.807, 2.05) is 0 Å². The highest BCUT2D eigenvalue weighted by Gasteiger charge is 2.41. The molecule has 0 saturated carbocycles. The van der Waals surface area contributed by atoms with E-state index < -0.39 is 40.5 Å². The zero-order chi connectivity index (χ0) is 15.7. The number of hydrogen-bond acceptors (Lipinski definition) is 3. The minimum atomic E-state index is -5.28. The molecule has 0 bridgehead atoms. The smallest absolute Gasteiger partial charge is 0.405 e. The first-order valence-corrected chi connectivity index (χ1v) is 6.08. The van der Waals surface area contributed by atoms with Crippen molar-refractivity contribution in [1.82, 2.24) is 4.98 Å². The molecular weight excluding hydrogens is 383 g/mol. The minimum Gasteiger partial charge on any atom is -0.405 e. The van der Waals surface area contributed by atoms with E-state index >= 15 is 0 Å². The van der Waals surface area contributed by atoms with Gasteiger partial charge in [0.15, 0.2) is 5.69 Å². The molecule has 0 atom stereocenters. The fourth-order valence-corrected chi connectivity index (χ4v) is 1.71. The maximum absolute atomic E-state index is 12.7. The van der Waals surface area contributed by atoms with Crippen LogP contribution in [0.5, 0.6) is 5.75 Å². The number of ether oxygens (including phenoxy) is 1. The van der Waals surface area contributed by atoms with Gasteiger partial charge in [-0.3, -0.25) is 4.79 Å². The molecule has 0 N–H and O–H groups in total. The third kappa shape index (κ3) is 4.23. The molecule has 0 aliphatic rings. The summed E-state index contributed by atoms with van der Waals surface area (Å²) in [6.45, 7) is 0. The lowest BCUT2D eigenvalue weighted by atomic mass is 10.1. The lowest BCUT2D eigenvalue weighted by molar-refractivity contribution is -0.274. The van der Waals surface area contributed by atoms with Gasteiger partial charge in [-0.15, -0.1) is 13.2 Å². The molecule has 0 amide bonds. The maximum Gasteiger partial charge on any atom is 0.573 e. The van der Waals surface area contributed by atoms with E-state index in [4.69, 9.17) is 11.6 Å². The summed E-state index contributed by atoms with van der Waals surface area (Å²) < 4.78 is 78.0. The first-order chi connectivity index (χ1) is 8.95. The van der Waals surface area contributed by atoms with Gasteiger partial charge in [-0.1, -0.05) is 15.9 Å². The molecule has 0 spiro atoms. The summed E-state index contributed by atoms with van der Waals surface area (Å²) in [6, 6.07) is 0.549. The highest BCUT2D eigenvalue weighted by molar-refractivity contribution is 9.08. The SMILES string of the molecule is O=C(Cl)c1c(OC(F)(F)F)cc(CBr)nc1C(F)(F)F. The second-order valence-corrected chi connectivity index (χ2v) is 4.19.